The van der Waals surface area contributed by atoms with Crippen LogP contribution in [0.3, 0.4) is 0 Å². The molecule has 6 nitrogen and oxygen atoms in total. The molecular weight excluding hydrogens is 677 g/mol. The van der Waals surface area contributed by atoms with E-state index in [1.54, 1.807) is 0 Å². The second-order valence-electron chi connectivity index (χ2n) is 6.51. The largest absolute Gasteiger partial charge is 0.527 e. The first-order valence-corrected chi connectivity index (χ1v) is 8.16. The van der Waals surface area contributed by atoms with E-state index < -0.39 is 72.9 Å². The van der Waals surface area contributed by atoms with Crippen LogP contribution in [0.25, 0.3) is 0 Å². The van der Waals surface area contributed by atoms with Gasteiger partial charge in [-0.3, -0.25) is 14.2 Å². The molecule has 0 aliphatic heterocycles. The molecule has 0 bridgehead atoms. The number of carboxylic acids is 1. The van der Waals surface area contributed by atoms with Crippen molar-refractivity contribution in [2.45, 2.75) is 66.9 Å². The molecule has 0 aromatic rings. The summed E-state index contributed by atoms with van der Waals surface area (Å²) < 4.78 is 303. The molecule has 0 aliphatic rings. The number of carbonyl (C=O) groups is 1. The highest BCUT2D eigenvalue weighted by Crippen LogP contribution is 2.59. The maximum absolute atomic E-state index is 14.1. The third kappa shape index (κ3) is 7.20. The number of rotatable bonds is 11. The Balaban J connectivity index is 7.31. The smallest absolute Gasteiger partial charge is 0.475 e. The third-order valence-electron chi connectivity index (χ3n) is 3.52. The molecule has 0 aromatic carbocycles. The fourth-order valence-corrected chi connectivity index (χ4v) is 1.76. The van der Waals surface area contributed by atoms with Crippen LogP contribution in [0.1, 0.15) is 0 Å². The molecule has 0 heterocycles. The predicted octanol–water partition coefficient (Wildman–Crippen LogP) is 6.71. The van der Waals surface area contributed by atoms with Crippen molar-refractivity contribution < 1.29 is 130 Å². The topological polar surface area (TPSA) is 74.2 Å². The zero-order valence-electron chi connectivity index (χ0n) is 17.2. The molecule has 0 spiro atoms. The number of carboxylic acid groups (broad SMARTS) is 1. The molecule has 0 saturated carbocycles. The molecule has 0 rings (SSSR count). The molecule has 0 aromatic heterocycles. The van der Waals surface area contributed by atoms with Crippen LogP contribution in [0.5, 0.6) is 0 Å². The second kappa shape index (κ2) is 10.2. The Bertz CT molecular complexity index is 949. The van der Waals surface area contributed by atoms with Gasteiger partial charge in [0, 0.05) is 0 Å². The first-order chi connectivity index (χ1) is 17.3. The van der Waals surface area contributed by atoms with Crippen molar-refractivity contribution in [1.82, 2.24) is 0 Å². The highest BCUT2D eigenvalue weighted by atomic mass is 19.4. The number of hydrogen-bond donors (Lipinski definition) is 1. The Hall–Kier alpha value is -2.30. The van der Waals surface area contributed by atoms with E-state index in [2.05, 4.69) is 0 Å². The van der Waals surface area contributed by atoms with Gasteiger partial charge in [-0.1, -0.05) is 0 Å². The molecule has 29 heteroatoms. The Morgan fingerprint density at radius 1 is 0.390 bits per heavy atom. The van der Waals surface area contributed by atoms with Crippen LogP contribution in [-0.4, -0.2) is 78.0 Å². The van der Waals surface area contributed by atoms with Gasteiger partial charge in [0.25, 0.3) is 0 Å². The lowest BCUT2D eigenvalue weighted by Crippen LogP contribution is -2.71. The van der Waals surface area contributed by atoms with Gasteiger partial charge >= 0.3 is 72.9 Å². The summed E-state index contributed by atoms with van der Waals surface area (Å²) in [6.45, 7) is 0. The Morgan fingerprint density at radius 3 is 0.805 bits per heavy atom. The minimum absolute atomic E-state index is 1.04. The van der Waals surface area contributed by atoms with Gasteiger partial charge < -0.3 is 5.11 Å². The summed E-state index contributed by atoms with van der Waals surface area (Å²) in [7, 11) is 0. The van der Waals surface area contributed by atoms with E-state index >= 15 is 0 Å². The van der Waals surface area contributed by atoms with Gasteiger partial charge in [0.2, 0.25) is 0 Å². The summed E-state index contributed by atoms with van der Waals surface area (Å²) in [6, 6.07) is 0. The van der Waals surface area contributed by atoms with E-state index in [-0.39, 0.29) is 0 Å². The second-order valence-corrected chi connectivity index (χ2v) is 6.51. The van der Waals surface area contributed by atoms with Crippen molar-refractivity contribution in [2.75, 3.05) is 0 Å². The van der Waals surface area contributed by atoms with E-state index in [1.807, 2.05) is 0 Å². The van der Waals surface area contributed by atoms with Crippen LogP contribution in [0.4, 0.5) is 101 Å². The molecule has 41 heavy (non-hydrogen) atoms. The number of hydrogen-bond acceptors (Lipinski definition) is 5. The summed E-state index contributed by atoms with van der Waals surface area (Å²) in [5.41, 5.74) is 0. The number of aliphatic carboxylic acids is 1. The Labute approximate surface area is 204 Å². The van der Waals surface area contributed by atoms with Gasteiger partial charge in [-0.05, 0) is 0 Å². The molecule has 0 saturated heterocycles. The molecule has 0 aliphatic carbocycles. The normalized spacial score (nSPS) is 19.8. The van der Waals surface area contributed by atoms with Crippen molar-refractivity contribution in [3.05, 3.63) is 0 Å². The molecule has 0 radical (unpaired) electrons. The average Bonchev–Trinajstić information content (AvgIpc) is 2.61. The lowest BCUT2D eigenvalue weighted by molar-refractivity contribution is -0.589. The minimum Gasteiger partial charge on any atom is -0.475 e. The molecule has 3 unspecified atom stereocenters. The van der Waals surface area contributed by atoms with Crippen LogP contribution in [0.2, 0.25) is 0 Å². The number of alkyl halides is 23. The van der Waals surface area contributed by atoms with Crippen LogP contribution in [0, 0.1) is 0 Å². The lowest BCUT2D eigenvalue weighted by atomic mass is 10.2. The lowest BCUT2D eigenvalue weighted by Gasteiger charge is -2.42. The number of halogens is 23. The van der Waals surface area contributed by atoms with Crippen LogP contribution in [-0.2, 0) is 23.7 Å². The predicted molar refractivity (Wildman–Crippen MR) is 67.5 cm³/mol. The van der Waals surface area contributed by atoms with Gasteiger partial charge in [-0.15, -0.1) is 13.2 Å². The summed E-state index contributed by atoms with van der Waals surface area (Å²) in [6.07, 6.45) is -64.7. The third-order valence-corrected chi connectivity index (χ3v) is 3.52. The molecular formula is C12HF23O6. The van der Waals surface area contributed by atoms with Crippen molar-refractivity contribution in [1.29, 1.82) is 0 Å². The highest BCUT2D eigenvalue weighted by molar-refractivity contribution is 5.73. The maximum Gasteiger partial charge on any atom is 0.527 e. The fraction of sp³-hybridized carbons (Fsp3) is 0.917. The van der Waals surface area contributed by atoms with Crippen molar-refractivity contribution in [3.63, 3.8) is 0 Å². The zero-order chi connectivity index (χ0) is 33.9. The van der Waals surface area contributed by atoms with Gasteiger partial charge in [-0.25, -0.2) is 9.53 Å². The molecule has 1 N–H and O–H groups in total. The quantitative estimate of drug-likeness (QED) is 0.245. The maximum atomic E-state index is 14.1. The van der Waals surface area contributed by atoms with E-state index in [4.69, 9.17) is 5.11 Å². The van der Waals surface area contributed by atoms with Crippen LogP contribution < -0.4 is 0 Å². The zero-order valence-corrected chi connectivity index (χ0v) is 17.2. The van der Waals surface area contributed by atoms with Crippen molar-refractivity contribution in [2.24, 2.45) is 0 Å². The van der Waals surface area contributed by atoms with Gasteiger partial charge in [0.15, 0.2) is 0 Å². The summed E-state index contributed by atoms with van der Waals surface area (Å²) in [4.78, 5) is 10.0. The molecule has 246 valence electrons. The van der Waals surface area contributed by atoms with E-state index in [1.165, 1.54) is 4.74 Å². The van der Waals surface area contributed by atoms with Crippen molar-refractivity contribution in [3.8, 4) is 0 Å². The van der Waals surface area contributed by atoms with Crippen LogP contribution in [0.15, 0.2) is 0 Å². The Morgan fingerprint density at radius 2 is 0.610 bits per heavy atom. The molecule has 3 atom stereocenters. The summed E-state index contributed by atoms with van der Waals surface area (Å²) >= 11 is 0. The van der Waals surface area contributed by atoms with E-state index in [0.29, 0.717) is 0 Å². The Kier molecular flexibility index (Phi) is 9.59. The minimum atomic E-state index is -8.80. The van der Waals surface area contributed by atoms with Gasteiger partial charge in [-0.2, -0.15) is 87.8 Å². The first-order valence-electron chi connectivity index (χ1n) is 8.16. The first kappa shape index (κ1) is 38.7. The SMILES string of the molecule is O=C(O)C(F)(F)OC(F)(C(F)(F)F)C(F)(F)OC(F)(C(F)(F)F)C(F)(F)OC(F)(C(F)(F)F)C(F)(F)OC(F)(F)F. The average molecular weight is 678 g/mol. The molecule has 0 amide bonds. The summed E-state index contributed by atoms with van der Waals surface area (Å²) in [5, 5.41) is 7.79. The van der Waals surface area contributed by atoms with Crippen molar-refractivity contribution >= 4 is 5.97 Å². The standard InChI is InChI=1S/C12HF23O6/c13-2(14,1(36)37)38-3(15,6(18,19)20)9(27,28)39-4(16,7(21,22)23)10(29,30)40-5(17,8(24,25)26)11(31,32)41-12(33,34)35/h(H,36,37). The van der Waals surface area contributed by atoms with Gasteiger partial charge in [0.05, 0.1) is 0 Å². The van der Waals surface area contributed by atoms with E-state index in [0.717, 1.165) is 14.2 Å². The summed E-state index contributed by atoms with van der Waals surface area (Å²) in [5.74, 6) is -29.8. The fourth-order valence-electron chi connectivity index (χ4n) is 1.76. The number of ether oxygens (including phenoxy) is 4. The highest BCUT2D eigenvalue weighted by Gasteiger charge is 2.88. The monoisotopic (exact) mass is 678 g/mol. The van der Waals surface area contributed by atoms with E-state index in [9.17, 15) is 106 Å². The molecule has 0 fully saturated rings. The van der Waals surface area contributed by atoms with Gasteiger partial charge in [0.1, 0.15) is 0 Å². The van der Waals surface area contributed by atoms with Crippen LogP contribution >= 0.6 is 0 Å².